The third-order valence-electron chi connectivity index (χ3n) is 2.93. The van der Waals surface area contributed by atoms with Gasteiger partial charge in [0.25, 0.3) is 0 Å². The molecule has 0 fully saturated rings. The Morgan fingerprint density at radius 2 is 2.00 bits per heavy atom. The van der Waals surface area contributed by atoms with Crippen molar-refractivity contribution in [3.63, 3.8) is 0 Å². The summed E-state index contributed by atoms with van der Waals surface area (Å²) in [6.45, 7) is 7.45. The van der Waals surface area contributed by atoms with Crippen LogP contribution in [0, 0.1) is 5.92 Å². The molecule has 1 heterocycles. The first-order valence-corrected chi connectivity index (χ1v) is 6.64. The molecule has 0 aliphatic rings. The lowest BCUT2D eigenvalue weighted by Gasteiger charge is -2.06. The molecule has 3 heteroatoms. The molecule has 0 saturated carbocycles. The van der Waals surface area contributed by atoms with E-state index in [0.717, 1.165) is 25.1 Å². The van der Waals surface area contributed by atoms with E-state index in [1.807, 2.05) is 10.9 Å². The number of hydrogen-bond acceptors (Lipinski definition) is 2. The van der Waals surface area contributed by atoms with Gasteiger partial charge in [-0.1, -0.05) is 43.3 Å². The van der Waals surface area contributed by atoms with Crippen molar-refractivity contribution >= 4 is 0 Å². The van der Waals surface area contributed by atoms with Gasteiger partial charge in [0.1, 0.15) is 0 Å². The molecule has 0 saturated heterocycles. The number of nitrogens with zero attached hydrogens (tertiary/aromatic N) is 3. The van der Waals surface area contributed by atoms with E-state index in [1.54, 1.807) is 0 Å². The van der Waals surface area contributed by atoms with E-state index < -0.39 is 0 Å². The van der Waals surface area contributed by atoms with Crippen LogP contribution < -0.4 is 0 Å². The van der Waals surface area contributed by atoms with E-state index >= 15 is 0 Å². The van der Waals surface area contributed by atoms with Crippen LogP contribution in [0.3, 0.4) is 0 Å². The lowest BCUT2D eigenvalue weighted by Crippen LogP contribution is -1.96. The highest BCUT2D eigenvalue weighted by Gasteiger charge is 2.03. The van der Waals surface area contributed by atoms with Gasteiger partial charge >= 0.3 is 0 Å². The molecule has 0 bridgehead atoms. The Hall–Kier alpha value is -1.64. The first-order valence-electron chi connectivity index (χ1n) is 6.64. The zero-order valence-corrected chi connectivity index (χ0v) is 11.4. The molecule has 2 rings (SSSR count). The molecule has 0 radical (unpaired) electrons. The molecule has 0 amide bonds. The molecule has 1 aromatic carbocycles. The van der Waals surface area contributed by atoms with Gasteiger partial charge in [-0.15, -0.1) is 5.10 Å². The van der Waals surface area contributed by atoms with Gasteiger partial charge in [-0.05, 0) is 30.4 Å². The molecule has 0 spiro atoms. The highest BCUT2D eigenvalue weighted by molar-refractivity contribution is 5.26. The average molecular weight is 243 g/mol. The topological polar surface area (TPSA) is 30.7 Å². The smallest absolute Gasteiger partial charge is 0.0870 e. The number of aromatic nitrogens is 3. The fourth-order valence-corrected chi connectivity index (χ4v) is 2.12. The van der Waals surface area contributed by atoms with Gasteiger partial charge in [-0.25, -0.2) is 0 Å². The number of hydrogen-bond donors (Lipinski definition) is 0. The summed E-state index contributed by atoms with van der Waals surface area (Å²) in [5.41, 5.74) is 3.76. The van der Waals surface area contributed by atoms with Crippen molar-refractivity contribution in [1.82, 2.24) is 15.0 Å². The molecule has 0 atom stereocenters. The van der Waals surface area contributed by atoms with Gasteiger partial charge in [0.05, 0.1) is 5.69 Å². The quantitative estimate of drug-likeness (QED) is 0.808. The van der Waals surface area contributed by atoms with Crippen molar-refractivity contribution in [1.29, 1.82) is 0 Å². The minimum atomic E-state index is 0.696. The zero-order chi connectivity index (χ0) is 13.0. The van der Waals surface area contributed by atoms with Crippen LogP contribution in [0.25, 0.3) is 0 Å². The second kappa shape index (κ2) is 5.80. The Morgan fingerprint density at radius 1 is 1.22 bits per heavy atom. The Kier molecular flexibility index (Phi) is 4.13. The summed E-state index contributed by atoms with van der Waals surface area (Å²) in [5.74, 6) is 0.696. The van der Waals surface area contributed by atoms with E-state index in [-0.39, 0.29) is 0 Å². The number of aryl methyl sites for hydroxylation is 1. The Balaban J connectivity index is 2.08. The predicted octanol–water partition coefficient (Wildman–Crippen LogP) is 3.09. The molecular weight excluding hydrogens is 222 g/mol. The molecule has 0 aliphatic heterocycles. The molecule has 0 aliphatic carbocycles. The van der Waals surface area contributed by atoms with Crippen molar-refractivity contribution in [2.75, 3.05) is 0 Å². The minimum absolute atomic E-state index is 0.696. The number of benzene rings is 1. The summed E-state index contributed by atoms with van der Waals surface area (Å²) in [4.78, 5) is 0. The largest absolute Gasteiger partial charge is 0.253 e. The molecule has 0 N–H and O–H groups in total. The van der Waals surface area contributed by atoms with E-state index in [4.69, 9.17) is 0 Å². The minimum Gasteiger partial charge on any atom is -0.253 e. The summed E-state index contributed by atoms with van der Waals surface area (Å²) in [6.07, 6.45) is 4.02. The fourth-order valence-electron chi connectivity index (χ4n) is 2.12. The van der Waals surface area contributed by atoms with Crippen molar-refractivity contribution < 1.29 is 0 Å². The van der Waals surface area contributed by atoms with E-state index in [1.165, 1.54) is 11.1 Å². The SMILES string of the molecule is CCn1cc(Cc2cccc(CC(C)C)c2)nn1. The Morgan fingerprint density at radius 3 is 2.67 bits per heavy atom. The lowest BCUT2D eigenvalue weighted by atomic mass is 9.99. The summed E-state index contributed by atoms with van der Waals surface area (Å²) >= 11 is 0. The first kappa shape index (κ1) is 12.8. The Labute approximate surface area is 109 Å². The highest BCUT2D eigenvalue weighted by atomic mass is 15.4. The summed E-state index contributed by atoms with van der Waals surface area (Å²) in [6, 6.07) is 8.78. The molecule has 18 heavy (non-hydrogen) atoms. The van der Waals surface area contributed by atoms with Gasteiger partial charge in [-0.3, -0.25) is 4.68 Å². The molecule has 2 aromatic rings. The second-order valence-corrected chi connectivity index (χ2v) is 5.16. The second-order valence-electron chi connectivity index (χ2n) is 5.16. The maximum atomic E-state index is 4.19. The van der Waals surface area contributed by atoms with Gasteiger partial charge < -0.3 is 0 Å². The van der Waals surface area contributed by atoms with Gasteiger partial charge in [0.15, 0.2) is 0 Å². The van der Waals surface area contributed by atoms with Crippen LogP contribution in [0.5, 0.6) is 0 Å². The molecule has 0 unspecified atom stereocenters. The lowest BCUT2D eigenvalue weighted by molar-refractivity contribution is 0.626. The van der Waals surface area contributed by atoms with Crippen LogP contribution in [-0.2, 0) is 19.4 Å². The highest BCUT2D eigenvalue weighted by Crippen LogP contribution is 2.13. The fraction of sp³-hybridized carbons (Fsp3) is 0.467. The molecule has 3 nitrogen and oxygen atoms in total. The van der Waals surface area contributed by atoms with Crippen LogP contribution in [0.4, 0.5) is 0 Å². The third kappa shape index (κ3) is 3.42. The van der Waals surface area contributed by atoms with E-state index in [2.05, 4.69) is 55.3 Å². The molecule has 96 valence electrons. The van der Waals surface area contributed by atoms with E-state index in [0.29, 0.717) is 5.92 Å². The predicted molar refractivity (Wildman–Crippen MR) is 73.5 cm³/mol. The first-order chi connectivity index (χ1) is 8.67. The summed E-state index contributed by atoms with van der Waals surface area (Å²) < 4.78 is 1.87. The summed E-state index contributed by atoms with van der Waals surface area (Å²) in [5, 5.41) is 8.25. The van der Waals surface area contributed by atoms with Crippen LogP contribution in [0.2, 0.25) is 0 Å². The number of rotatable bonds is 5. The maximum Gasteiger partial charge on any atom is 0.0870 e. The zero-order valence-electron chi connectivity index (χ0n) is 11.4. The van der Waals surface area contributed by atoms with Crippen molar-refractivity contribution in [2.45, 2.75) is 40.2 Å². The average Bonchev–Trinajstić information content (AvgIpc) is 2.76. The van der Waals surface area contributed by atoms with Gasteiger partial charge in [-0.2, -0.15) is 0 Å². The van der Waals surface area contributed by atoms with E-state index in [9.17, 15) is 0 Å². The standard InChI is InChI=1S/C15H21N3/c1-4-18-11-15(16-17-18)10-14-7-5-6-13(9-14)8-12(2)3/h5-7,9,11-12H,4,8,10H2,1-3H3. The molecular formula is C15H21N3. The van der Waals surface area contributed by atoms with Gasteiger partial charge in [0, 0.05) is 19.2 Å². The van der Waals surface area contributed by atoms with Crippen molar-refractivity contribution in [2.24, 2.45) is 5.92 Å². The summed E-state index contributed by atoms with van der Waals surface area (Å²) in [7, 11) is 0. The third-order valence-corrected chi connectivity index (χ3v) is 2.93. The Bertz CT molecular complexity index is 500. The van der Waals surface area contributed by atoms with Gasteiger partial charge in [0.2, 0.25) is 0 Å². The van der Waals surface area contributed by atoms with Crippen molar-refractivity contribution in [3.05, 3.63) is 47.3 Å². The maximum absolute atomic E-state index is 4.19. The molecule has 1 aromatic heterocycles. The monoisotopic (exact) mass is 243 g/mol. The van der Waals surface area contributed by atoms with Crippen LogP contribution in [-0.4, -0.2) is 15.0 Å². The van der Waals surface area contributed by atoms with Crippen molar-refractivity contribution in [3.8, 4) is 0 Å². The van der Waals surface area contributed by atoms with Crippen LogP contribution in [0.1, 0.15) is 37.6 Å². The van der Waals surface area contributed by atoms with Crippen LogP contribution >= 0.6 is 0 Å². The van der Waals surface area contributed by atoms with Crippen LogP contribution in [0.15, 0.2) is 30.5 Å². The normalized spacial score (nSPS) is 11.1.